The second-order valence-corrected chi connectivity index (χ2v) is 8.71. The molecule has 3 aromatic rings. The number of benzene rings is 1. The van der Waals surface area contributed by atoms with Crippen molar-refractivity contribution in [2.75, 3.05) is 13.6 Å². The Labute approximate surface area is 199 Å². The van der Waals surface area contributed by atoms with Gasteiger partial charge in [0.15, 0.2) is 0 Å². The molecule has 9 heteroatoms. The van der Waals surface area contributed by atoms with Crippen molar-refractivity contribution < 1.29 is 9.59 Å². The first kappa shape index (κ1) is 23.6. The summed E-state index contributed by atoms with van der Waals surface area (Å²) < 4.78 is 0. The molecule has 0 spiro atoms. The van der Waals surface area contributed by atoms with Crippen LogP contribution in [0.5, 0.6) is 0 Å². The maximum absolute atomic E-state index is 12.8. The maximum atomic E-state index is 12.8. The Bertz CT molecular complexity index is 1040. The molecule has 0 bridgehead atoms. The van der Waals surface area contributed by atoms with Crippen molar-refractivity contribution >= 4 is 11.8 Å². The number of hydrogen-bond donors (Lipinski definition) is 3. The van der Waals surface area contributed by atoms with Crippen molar-refractivity contribution in [3.8, 4) is 0 Å². The molecule has 0 saturated heterocycles. The molecular weight excluding hydrogens is 430 g/mol. The normalized spacial score (nSPS) is 17.8. The fraction of sp³-hybridized carbons (Fsp3) is 0.400. The molecule has 3 atom stereocenters. The van der Waals surface area contributed by atoms with Gasteiger partial charge in [-0.3, -0.25) is 14.6 Å². The number of rotatable bonds is 12. The number of nitrogens with one attached hydrogen (secondary N) is 3. The van der Waals surface area contributed by atoms with Crippen LogP contribution in [0.15, 0.2) is 61.4 Å². The van der Waals surface area contributed by atoms with E-state index in [1.165, 1.54) is 30.6 Å². The van der Waals surface area contributed by atoms with Gasteiger partial charge in [-0.2, -0.15) is 0 Å². The molecule has 178 valence electrons. The summed E-state index contributed by atoms with van der Waals surface area (Å²) in [6, 6.07) is 10.6. The van der Waals surface area contributed by atoms with Crippen LogP contribution in [0.4, 0.5) is 0 Å². The van der Waals surface area contributed by atoms with Crippen molar-refractivity contribution in [2.24, 2.45) is 0 Å². The average Bonchev–Trinajstić information content (AvgIpc) is 3.51. The second kappa shape index (κ2) is 11.5. The molecular formula is C25H31N7O2. The molecule has 0 aliphatic heterocycles. The number of imidazole rings is 1. The number of carbonyl (C=O) groups excluding carboxylic acids is 2. The van der Waals surface area contributed by atoms with E-state index in [1.54, 1.807) is 12.5 Å². The van der Waals surface area contributed by atoms with E-state index in [2.05, 4.69) is 72.8 Å². The standard InChI is InChI=1S/C25H31N7O2/c1-32(23-13-20(23)18-7-3-2-4-8-18)12-6-5-9-21(24(33)29-15-19-14-27-17-30-19)31-25(34)22-16-26-10-11-28-22/h2-4,7-8,10-11,14,16-17,20-21,23H,5-6,9,12-13,15H2,1H3,(H,27,30)(H,29,33)(H,31,34). The molecule has 1 saturated carbocycles. The number of aromatic nitrogens is 4. The third kappa shape index (κ3) is 6.48. The molecule has 2 aromatic heterocycles. The Balaban J connectivity index is 1.26. The number of H-pyrrole nitrogens is 1. The number of likely N-dealkylation sites (N-methyl/N-ethyl adjacent to an activating group) is 1. The van der Waals surface area contributed by atoms with E-state index >= 15 is 0 Å². The van der Waals surface area contributed by atoms with Crippen molar-refractivity contribution in [1.82, 2.24) is 35.5 Å². The van der Waals surface area contributed by atoms with Crippen LogP contribution in [0.3, 0.4) is 0 Å². The monoisotopic (exact) mass is 461 g/mol. The van der Waals surface area contributed by atoms with Gasteiger partial charge in [-0.05, 0) is 44.8 Å². The third-order valence-electron chi connectivity index (χ3n) is 6.23. The Kier molecular flexibility index (Phi) is 7.98. The van der Waals surface area contributed by atoms with Crippen molar-refractivity contribution in [1.29, 1.82) is 0 Å². The molecule has 1 aromatic carbocycles. The SMILES string of the molecule is CN(CCCCC(NC(=O)c1cnccn1)C(=O)NCc1cnc[nH]1)C1CC1c1ccccc1. The van der Waals surface area contributed by atoms with Crippen molar-refractivity contribution in [3.63, 3.8) is 0 Å². The lowest BCUT2D eigenvalue weighted by molar-refractivity contribution is -0.123. The lowest BCUT2D eigenvalue weighted by Gasteiger charge is -2.20. The highest BCUT2D eigenvalue weighted by Gasteiger charge is 2.40. The lowest BCUT2D eigenvalue weighted by Crippen LogP contribution is -2.46. The van der Waals surface area contributed by atoms with E-state index < -0.39 is 11.9 Å². The van der Waals surface area contributed by atoms with Crippen LogP contribution in [0, 0.1) is 0 Å². The largest absolute Gasteiger partial charge is 0.349 e. The van der Waals surface area contributed by atoms with E-state index in [1.807, 2.05) is 0 Å². The zero-order chi connectivity index (χ0) is 23.8. The highest BCUT2D eigenvalue weighted by molar-refractivity contribution is 5.95. The van der Waals surface area contributed by atoms with Crippen LogP contribution in [0.25, 0.3) is 0 Å². The Morgan fingerprint density at radius 2 is 2.00 bits per heavy atom. The highest BCUT2D eigenvalue weighted by atomic mass is 16.2. The van der Waals surface area contributed by atoms with Crippen LogP contribution in [-0.4, -0.2) is 62.3 Å². The van der Waals surface area contributed by atoms with Crippen molar-refractivity contribution in [2.45, 2.75) is 50.2 Å². The minimum absolute atomic E-state index is 0.189. The Hall–Kier alpha value is -3.59. The average molecular weight is 462 g/mol. The van der Waals surface area contributed by atoms with Crippen molar-refractivity contribution in [3.05, 3.63) is 78.4 Å². The Morgan fingerprint density at radius 3 is 2.74 bits per heavy atom. The van der Waals surface area contributed by atoms with Gasteiger partial charge in [0.2, 0.25) is 5.91 Å². The summed E-state index contributed by atoms with van der Waals surface area (Å²) in [6.45, 7) is 1.27. The molecule has 3 unspecified atom stereocenters. The molecule has 1 fully saturated rings. The number of nitrogens with zero attached hydrogens (tertiary/aromatic N) is 4. The van der Waals surface area contributed by atoms with Crippen LogP contribution in [-0.2, 0) is 11.3 Å². The quantitative estimate of drug-likeness (QED) is 0.357. The zero-order valence-corrected chi connectivity index (χ0v) is 19.4. The predicted octanol–water partition coefficient (Wildman–Crippen LogP) is 2.27. The van der Waals surface area contributed by atoms with Gasteiger partial charge >= 0.3 is 0 Å². The number of hydrogen-bond acceptors (Lipinski definition) is 6. The minimum atomic E-state index is -0.652. The molecule has 3 N–H and O–H groups in total. The van der Waals surface area contributed by atoms with E-state index in [0.717, 1.165) is 25.1 Å². The number of carbonyl (C=O) groups is 2. The Morgan fingerprint density at radius 1 is 1.15 bits per heavy atom. The topological polar surface area (TPSA) is 116 Å². The van der Waals surface area contributed by atoms with E-state index in [4.69, 9.17) is 0 Å². The van der Waals surface area contributed by atoms with Gasteiger partial charge in [-0.25, -0.2) is 9.97 Å². The predicted molar refractivity (Wildman–Crippen MR) is 128 cm³/mol. The fourth-order valence-corrected chi connectivity index (χ4v) is 4.21. The second-order valence-electron chi connectivity index (χ2n) is 8.71. The summed E-state index contributed by atoms with van der Waals surface area (Å²) in [5.41, 5.74) is 2.39. The first-order valence-corrected chi connectivity index (χ1v) is 11.7. The summed E-state index contributed by atoms with van der Waals surface area (Å²) in [6.07, 6.45) is 11.1. The fourth-order valence-electron chi connectivity index (χ4n) is 4.21. The van der Waals surface area contributed by atoms with Crippen LogP contribution >= 0.6 is 0 Å². The van der Waals surface area contributed by atoms with Gasteiger partial charge < -0.3 is 20.5 Å². The first-order valence-electron chi connectivity index (χ1n) is 11.7. The number of amides is 2. The maximum Gasteiger partial charge on any atom is 0.272 e. The highest BCUT2D eigenvalue weighted by Crippen LogP contribution is 2.44. The van der Waals surface area contributed by atoms with Gasteiger partial charge in [-0.15, -0.1) is 0 Å². The van der Waals surface area contributed by atoms with Gasteiger partial charge in [0, 0.05) is 30.6 Å². The number of unbranched alkanes of at least 4 members (excludes halogenated alkanes) is 1. The molecule has 4 rings (SSSR count). The summed E-state index contributed by atoms with van der Waals surface area (Å²) in [5, 5.41) is 5.69. The third-order valence-corrected chi connectivity index (χ3v) is 6.23. The summed E-state index contributed by atoms with van der Waals surface area (Å²) in [5.74, 6) is -0.0272. The molecule has 9 nitrogen and oxygen atoms in total. The van der Waals surface area contributed by atoms with Gasteiger partial charge in [0.25, 0.3) is 5.91 Å². The number of aromatic amines is 1. The van der Waals surface area contributed by atoms with Crippen LogP contribution in [0.1, 0.15) is 53.3 Å². The van der Waals surface area contributed by atoms with E-state index in [0.29, 0.717) is 24.9 Å². The molecule has 2 heterocycles. The molecule has 1 aliphatic rings. The molecule has 34 heavy (non-hydrogen) atoms. The van der Waals surface area contributed by atoms with Crippen LogP contribution < -0.4 is 10.6 Å². The van der Waals surface area contributed by atoms with E-state index in [-0.39, 0.29) is 11.6 Å². The minimum Gasteiger partial charge on any atom is -0.349 e. The zero-order valence-electron chi connectivity index (χ0n) is 19.4. The molecule has 1 aliphatic carbocycles. The van der Waals surface area contributed by atoms with E-state index in [9.17, 15) is 9.59 Å². The summed E-state index contributed by atoms with van der Waals surface area (Å²) in [4.78, 5) is 42.7. The van der Waals surface area contributed by atoms with Gasteiger partial charge in [0.05, 0.1) is 24.8 Å². The smallest absolute Gasteiger partial charge is 0.272 e. The molecule has 2 amide bonds. The lowest BCUT2D eigenvalue weighted by atomic mass is 10.1. The first-order chi connectivity index (χ1) is 16.6. The summed E-state index contributed by atoms with van der Waals surface area (Å²) >= 11 is 0. The summed E-state index contributed by atoms with van der Waals surface area (Å²) in [7, 11) is 2.16. The van der Waals surface area contributed by atoms with Crippen LogP contribution in [0.2, 0.25) is 0 Å². The van der Waals surface area contributed by atoms with Gasteiger partial charge in [-0.1, -0.05) is 30.3 Å². The molecule has 0 radical (unpaired) electrons. The van der Waals surface area contributed by atoms with Gasteiger partial charge in [0.1, 0.15) is 11.7 Å².